The first kappa shape index (κ1) is 19.7. The van der Waals surface area contributed by atoms with Crippen LogP contribution in [0.25, 0.3) is 22.1 Å². The van der Waals surface area contributed by atoms with Crippen molar-refractivity contribution in [3.8, 4) is 11.1 Å². The Kier molecular flexibility index (Phi) is 4.96. The Morgan fingerprint density at radius 1 is 1.03 bits per heavy atom. The van der Waals surface area contributed by atoms with Crippen molar-refractivity contribution in [2.45, 2.75) is 37.7 Å². The van der Waals surface area contributed by atoms with Gasteiger partial charge in [-0.15, -0.1) is 0 Å². The van der Waals surface area contributed by atoms with Crippen LogP contribution in [-0.2, 0) is 15.6 Å². The number of hydrogen-bond acceptors (Lipinski definition) is 5. The first-order valence-corrected chi connectivity index (χ1v) is 11.5. The lowest BCUT2D eigenvalue weighted by atomic mass is 9.79. The third-order valence-corrected chi connectivity index (χ3v) is 6.10. The zero-order valence-electron chi connectivity index (χ0n) is 16.1. The number of rotatable bonds is 4. The molecule has 0 radical (unpaired) electrons. The van der Waals surface area contributed by atoms with Crippen molar-refractivity contribution in [3.05, 3.63) is 64.5 Å². The second-order valence-electron chi connectivity index (χ2n) is 7.73. The maximum absolute atomic E-state index is 13.0. The molecule has 2 N–H and O–H groups in total. The summed E-state index contributed by atoms with van der Waals surface area (Å²) in [6.45, 7) is 0. The maximum Gasteiger partial charge on any atom is 0.229 e. The number of sulfonamides is 1. The average Bonchev–Trinajstić information content (AvgIpc) is 2.68. The Morgan fingerprint density at radius 2 is 1.72 bits per heavy atom. The molecule has 2 aromatic carbocycles. The molecule has 0 bridgehead atoms. The van der Waals surface area contributed by atoms with Crippen molar-refractivity contribution in [3.63, 3.8) is 0 Å². The lowest BCUT2D eigenvalue weighted by Crippen LogP contribution is -2.28. The molecule has 0 atom stereocenters. The van der Waals surface area contributed by atoms with Gasteiger partial charge >= 0.3 is 0 Å². The van der Waals surface area contributed by atoms with Gasteiger partial charge in [0.15, 0.2) is 5.43 Å². The summed E-state index contributed by atoms with van der Waals surface area (Å²) in [5, 5.41) is 11.4. The standard InChI is InChI=1S/C22H23NO5S/c1-29(26,27)23-17-8-5-15(6-9-17)19-14-28-20-13-16(7-10-18(20)21(19)24)22(25)11-3-2-4-12-22/h5-10,13-14,23,25H,2-4,11-12H2,1H3. The van der Waals surface area contributed by atoms with Crippen molar-refractivity contribution < 1.29 is 17.9 Å². The minimum atomic E-state index is -3.36. The number of benzene rings is 2. The summed E-state index contributed by atoms with van der Waals surface area (Å²) in [7, 11) is -3.36. The highest BCUT2D eigenvalue weighted by Gasteiger charge is 2.31. The van der Waals surface area contributed by atoms with Crippen molar-refractivity contribution >= 4 is 26.7 Å². The van der Waals surface area contributed by atoms with Crippen LogP contribution in [0.2, 0.25) is 0 Å². The molecular formula is C22H23NO5S. The molecular weight excluding hydrogens is 390 g/mol. The Hall–Kier alpha value is -2.64. The fourth-order valence-electron chi connectivity index (χ4n) is 3.97. The van der Waals surface area contributed by atoms with Gasteiger partial charge in [-0.2, -0.15) is 0 Å². The summed E-state index contributed by atoms with van der Waals surface area (Å²) in [5.41, 5.74) is 1.67. The van der Waals surface area contributed by atoms with Crippen molar-refractivity contribution in [1.82, 2.24) is 0 Å². The highest BCUT2D eigenvalue weighted by Crippen LogP contribution is 2.37. The van der Waals surface area contributed by atoms with E-state index in [1.165, 1.54) is 6.26 Å². The summed E-state index contributed by atoms with van der Waals surface area (Å²) >= 11 is 0. The predicted molar refractivity (Wildman–Crippen MR) is 113 cm³/mol. The summed E-state index contributed by atoms with van der Waals surface area (Å²) in [6.07, 6.45) is 7.04. The van der Waals surface area contributed by atoms with Crippen molar-refractivity contribution in [1.29, 1.82) is 0 Å². The van der Waals surface area contributed by atoms with E-state index in [1.807, 2.05) is 6.07 Å². The van der Waals surface area contributed by atoms with E-state index in [0.29, 0.717) is 40.6 Å². The van der Waals surface area contributed by atoms with Gasteiger partial charge in [0.2, 0.25) is 10.0 Å². The number of anilines is 1. The van der Waals surface area contributed by atoms with Crippen LogP contribution in [0.5, 0.6) is 0 Å². The summed E-state index contributed by atoms with van der Waals surface area (Å²) < 4.78 is 30.8. The monoisotopic (exact) mass is 413 g/mol. The van der Waals surface area contributed by atoms with Crippen LogP contribution >= 0.6 is 0 Å². The maximum atomic E-state index is 13.0. The van der Waals surface area contributed by atoms with E-state index in [4.69, 9.17) is 4.42 Å². The van der Waals surface area contributed by atoms with E-state index in [-0.39, 0.29) is 5.43 Å². The van der Waals surface area contributed by atoms with Gasteiger partial charge in [-0.05, 0) is 48.2 Å². The van der Waals surface area contributed by atoms with Gasteiger partial charge in [0.25, 0.3) is 0 Å². The number of aliphatic hydroxyl groups is 1. The van der Waals surface area contributed by atoms with Gasteiger partial charge in [-0.25, -0.2) is 8.42 Å². The Labute approximate surface area is 169 Å². The van der Waals surface area contributed by atoms with Crippen molar-refractivity contribution in [2.24, 2.45) is 0 Å². The number of fused-ring (bicyclic) bond motifs is 1. The van der Waals surface area contributed by atoms with E-state index in [0.717, 1.165) is 31.1 Å². The number of hydrogen-bond donors (Lipinski definition) is 2. The molecule has 29 heavy (non-hydrogen) atoms. The number of nitrogens with one attached hydrogen (secondary N) is 1. The first-order chi connectivity index (χ1) is 13.8. The molecule has 0 amide bonds. The normalized spacial score (nSPS) is 16.6. The smallest absolute Gasteiger partial charge is 0.229 e. The summed E-state index contributed by atoms with van der Waals surface area (Å²) in [4.78, 5) is 13.0. The van der Waals surface area contributed by atoms with Gasteiger partial charge in [-0.3, -0.25) is 9.52 Å². The van der Waals surface area contributed by atoms with Gasteiger partial charge < -0.3 is 9.52 Å². The minimum Gasteiger partial charge on any atom is -0.463 e. The molecule has 152 valence electrons. The molecule has 0 aliphatic heterocycles. The molecule has 1 aliphatic carbocycles. The molecule has 6 nitrogen and oxygen atoms in total. The van der Waals surface area contributed by atoms with Gasteiger partial charge in [0.05, 0.1) is 22.8 Å². The van der Waals surface area contributed by atoms with E-state index in [1.54, 1.807) is 36.4 Å². The van der Waals surface area contributed by atoms with E-state index < -0.39 is 15.6 Å². The van der Waals surface area contributed by atoms with Crippen LogP contribution in [0.4, 0.5) is 5.69 Å². The van der Waals surface area contributed by atoms with Crippen LogP contribution in [0.15, 0.2) is 57.9 Å². The van der Waals surface area contributed by atoms with Gasteiger partial charge in [-0.1, -0.05) is 37.5 Å². The average molecular weight is 413 g/mol. The largest absolute Gasteiger partial charge is 0.463 e. The highest BCUT2D eigenvalue weighted by molar-refractivity contribution is 7.92. The quantitative estimate of drug-likeness (QED) is 0.674. The fraction of sp³-hybridized carbons (Fsp3) is 0.318. The molecule has 1 heterocycles. The molecule has 7 heteroatoms. The van der Waals surface area contributed by atoms with Crippen LogP contribution < -0.4 is 10.2 Å². The Morgan fingerprint density at radius 3 is 2.38 bits per heavy atom. The zero-order valence-corrected chi connectivity index (χ0v) is 17.0. The first-order valence-electron chi connectivity index (χ1n) is 9.62. The Bertz CT molecular complexity index is 1210. The predicted octanol–water partition coefficient (Wildman–Crippen LogP) is 3.98. The molecule has 1 fully saturated rings. The molecule has 0 unspecified atom stereocenters. The third kappa shape index (κ3) is 4.06. The fourth-order valence-corrected chi connectivity index (χ4v) is 4.54. The van der Waals surface area contributed by atoms with Crippen LogP contribution in [0.1, 0.15) is 37.7 Å². The van der Waals surface area contributed by atoms with Crippen LogP contribution in [0, 0.1) is 0 Å². The molecule has 1 aromatic heterocycles. The van der Waals surface area contributed by atoms with Crippen molar-refractivity contribution in [2.75, 3.05) is 11.0 Å². The van der Waals surface area contributed by atoms with E-state index in [2.05, 4.69) is 4.72 Å². The lowest BCUT2D eigenvalue weighted by molar-refractivity contribution is -0.000579. The molecule has 0 spiro atoms. The SMILES string of the molecule is CS(=O)(=O)Nc1ccc(-c2coc3cc(C4(O)CCCCC4)ccc3c2=O)cc1. The van der Waals surface area contributed by atoms with Gasteiger partial charge in [0, 0.05) is 5.69 Å². The molecule has 1 saturated carbocycles. The molecule has 3 aromatic rings. The zero-order chi connectivity index (χ0) is 20.6. The molecule has 4 rings (SSSR count). The lowest BCUT2D eigenvalue weighted by Gasteiger charge is -2.32. The van der Waals surface area contributed by atoms with E-state index >= 15 is 0 Å². The Balaban J connectivity index is 1.69. The van der Waals surface area contributed by atoms with E-state index in [9.17, 15) is 18.3 Å². The van der Waals surface area contributed by atoms with Crippen LogP contribution in [0.3, 0.4) is 0 Å². The highest BCUT2D eigenvalue weighted by atomic mass is 32.2. The summed E-state index contributed by atoms with van der Waals surface area (Å²) in [6, 6.07) is 11.8. The topological polar surface area (TPSA) is 96.6 Å². The third-order valence-electron chi connectivity index (χ3n) is 5.49. The van der Waals surface area contributed by atoms with Gasteiger partial charge in [0.1, 0.15) is 11.8 Å². The second kappa shape index (κ2) is 7.31. The van der Waals surface area contributed by atoms with Crippen LogP contribution in [-0.4, -0.2) is 19.8 Å². The minimum absolute atomic E-state index is 0.169. The molecule has 1 aliphatic rings. The molecule has 0 saturated heterocycles. The summed E-state index contributed by atoms with van der Waals surface area (Å²) in [5.74, 6) is 0. The second-order valence-corrected chi connectivity index (χ2v) is 9.48.